The van der Waals surface area contributed by atoms with Crippen LogP contribution in [0.2, 0.25) is 0 Å². The average Bonchev–Trinajstić information content (AvgIpc) is 2.44. The third-order valence-corrected chi connectivity index (χ3v) is 2.59. The number of nitrogens with zero attached hydrogens (tertiary/aromatic N) is 1. The first-order chi connectivity index (χ1) is 6.59. The van der Waals surface area contributed by atoms with Gasteiger partial charge in [-0.3, -0.25) is 0 Å². The number of aromatic carboxylic acids is 1. The van der Waals surface area contributed by atoms with E-state index in [2.05, 4.69) is 25.9 Å². The van der Waals surface area contributed by atoms with E-state index in [0.29, 0.717) is 15.5 Å². The zero-order chi connectivity index (χ0) is 10.3. The molecule has 0 spiro atoms. The fourth-order valence-electron chi connectivity index (χ4n) is 1.16. The van der Waals surface area contributed by atoms with Gasteiger partial charge in [0, 0.05) is 5.39 Å². The van der Waals surface area contributed by atoms with Crippen LogP contribution in [0.5, 0.6) is 0 Å². The predicted molar refractivity (Wildman–Crippen MR) is 50.7 cm³/mol. The van der Waals surface area contributed by atoms with E-state index in [-0.39, 0.29) is 5.69 Å². The van der Waals surface area contributed by atoms with Crippen molar-refractivity contribution in [2.75, 3.05) is 0 Å². The lowest BCUT2D eigenvalue weighted by Gasteiger charge is -1.89. The number of fused-ring (bicyclic) bond motifs is 1. The van der Waals surface area contributed by atoms with Gasteiger partial charge < -0.3 is 10.1 Å². The molecule has 0 bridgehead atoms. The van der Waals surface area contributed by atoms with E-state index in [9.17, 15) is 9.18 Å². The second kappa shape index (κ2) is 3.06. The van der Waals surface area contributed by atoms with E-state index in [1.165, 1.54) is 6.07 Å². The smallest absolute Gasteiger partial charge is 0.353 e. The van der Waals surface area contributed by atoms with Crippen molar-refractivity contribution < 1.29 is 14.3 Å². The summed E-state index contributed by atoms with van der Waals surface area (Å²) in [4.78, 5) is 17.0. The molecule has 0 aliphatic rings. The quantitative estimate of drug-likeness (QED) is 0.824. The van der Waals surface area contributed by atoms with Gasteiger partial charge in [-0.15, -0.1) is 0 Å². The highest BCUT2D eigenvalue weighted by Crippen LogP contribution is 2.26. The minimum absolute atomic E-state index is 0.0295. The molecule has 14 heavy (non-hydrogen) atoms. The molecule has 2 N–H and O–H groups in total. The minimum Gasteiger partial charge on any atom is -0.477 e. The van der Waals surface area contributed by atoms with Crippen LogP contribution >= 0.6 is 15.9 Å². The molecule has 0 aliphatic carbocycles. The Balaban J connectivity index is 2.80. The maximum atomic E-state index is 12.8. The fourth-order valence-corrected chi connectivity index (χ4v) is 1.73. The normalized spacial score (nSPS) is 10.7. The first-order valence-electron chi connectivity index (χ1n) is 3.65. The monoisotopic (exact) mass is 258 g/mol. The SMILES string of the molecule is O=C(O)c1[nH]c2ncc(F)cc2c1Br. The Labute approximate surface area is 85.9 Å². The van der Waals surface area contributed by atoms with Crippen molar-refractivity contribution in [3.8, 4) is 0 Å². The number of rotatable bonds is 1. The summed E-state index contributed by atoms with van der Waals surface area (Å²) in [6, 6.07) is 1.22. The average molecular weight is 259 g/mol. The van der Waals surface area contributed by atoms with Crippen molar-refractivity contribution >= 4 is 32.9 Å². The van der Waals surface area contributed by atoms with Crippen molar-refractivity contribution in [3.05, 3.63) is 28.2 Å². The van der Waals surface area contributed by atoms with E-state index >= 15 is 0 Å². The minimum atomic E-state index is -1.12. The van der Waals surface area contributed by atoms with Gasteiger partial charge in [0.15, 0.2) is 0 Å². The van der Waals surface area contributed by atoms with Gasteiger partial charge in [-0.05, 0) is 22.0 Å². The van der Waals surface area contributed by atoms with Gasteiger partial charge in [-0.2, -0.15) is 0 Å². The Morgan fingerprint density at radius 2 is 2.36 bits per heavy atom. The van der Waals surface area contributed by atoms with Crippen LogP contribution in [-0.2, 0) is 0 Å². The van der Waals surface area contributed by atoms with Gasteiger partial charge in [0.05, 0.1) is 10.7 Å². The summed E-state index contributed by atoms with van der Waals surface area (Å²) >= 11 is 3.07. The number of carboxylic acids is 1. The molecule has 2 heterocycles. The third kappa shape index (κ3) is 1.27. The number of carboxylic acid groups (broad SMARTS) is 1. The number of hydrogen-bond acceptors (Lipinski definition) is 2. The van der Waals surface area contributed by atoms with E-state index in [4.69, 9.17) is 5.11 Å². The molecule has 0 fully saturated rings. The van der Waals surface area contributed by atoms with Gasteiger partial charge in [-0.1, -0.05) is 0 Å². The first kappa shape index (κ1) is 9.14. The molecular formula is C8H4BrFN2O2. The maximum absolute atomic E-state index is 12.8. The second-order valence-corrected chi connectivity index (χ2v) is 3.46. The van der Waals surface area contributed by atoms with Crippen molar-refractivity contribution in [2.24, 2.45) is 0 Å². The van der Waals surface area contributed by atoms with Crippen LogP contribution in [-0.4, -0.2) is 21.0 Å². The van der Waals surface area contributed by atoms with Gasteiger partial charge in [-0.25, -0.2) is 14.2 Å². The van der Waals surface area contributed by atoms with Gasteiger partial charge in [0.1, 0.15) is 17.2 Å². The molecule has 72 valence electrons. The number of aromatic amines is 1. The zero-order valence-electron chi connectivity index (χ0n) is 6.71. The van der Waals surface area contributed by atoms with Crippen LogP contribution in [0.1, 0.15) is 10.5 Å². The number of halogens is 2. The topological polar surface area (TPSA) is 66.0 Å². The summed E-state index contributed by atoms with van der Waals surface area (Å²) in [7, 11) is 0. The summed E-state index contributed by atoms with van der Waals surface area (Å²) < 4.78 is 13.1. The molecule has 0 radical (unpaired) electrons. The molecule has 0 unspecified atom stereocenters. The highest BCUT2D eigenvalue weighted by molar-refractivity contribution is 9.10. The van der Waals surface area contributed by atoms with Crippen molar-refractivity contribution in [1.29, 1.82) is 0 Å². The number of aromatic nitrogens is 2. The molecule has 0 aromatic carbocycles. The van der Waals surface area contributed by atoms with Crippen molar-refractivity contribution in [2.45, 2.75) is 0 Å². The van der Waals surface area contributed by atoms with Crippen LogP contribution < -0.4 is 0 Å². The van der Waals surface area contributed by atoms with Crippen LogP contribution in [0.3, 0.4) is 0 Å². The van der Waals surface area contributed by atoms with Crippen molar-refractivity contribution in [3.63, 3.8) is 0 Å². The second-order valence-electron chi connectivity index (χ2n) is 2.67. The molecular weight excluding hydrogens is 255 g/mol. The molecule has 0 saturated heterocycles. The highest BCUT2D eigenvalue weighted by atomic mass is 79.9. The molecule has 6 heteroatoms. The standard InChI is InChI=1S/C8H4BrFN2O2/c9-5-4-1-3(10)2-11-7(4)12-6(5)8(13)14/h1-2H,(H,11,12)(H,13,14). The first-order valence-corrected chi connectivity index (χ1v) is 4.45. The van der Waals surface area contributed by atoms with E-state index in [1.807, 2.05) is 0 Å². The van der Waals surface area contributed by atoms with Gasteiger partial charge >= 0.3 is 5.97 Å². The van der Waals surface area contributed by atoms with Crippen LogP contribution in [0.15, 0.2) is 16.7 Å². The molecule has 2 aromatic rings. The maximum Gasteiger partial charge on any atom is 0.353 e. The number of H-pyrrole nitrogens is 1. The van der Waals surface area contributed by atoms with E-state index in [1.54, 1.807) is 0 Å². The lowest BCUT2D eigenvalue weighted by Crippen LogP contribution is -1.96. The Kier molecular flexibility index (Phi) is 1.99. The Hall–Kier alpha value is -1.43. The number of hydrogen-bond donors (Lipinski definition) is 2. The Morgan fingerprint density at radius 1 is 1.64 bits per heavy atom. The lowest BCUT2D eigenvalue weighted by molar-refractivity contribution is 0.0690. The summed E-state index contributed by atoms with van der Waals surface area (Å²) in [5.74, 6) is -1.62. The molecule has 0 atom stereocenters. The number of carbonyl (C=O) groups is 1. The Morgan fingerprint density at radius 3 is 3.00 bits per heavy atom. The zero-order valence-corrected chi connectivity index (χ0v) is 8.30. The van der Waals surface area contributed by atoms with Crippen LogP contribution in [0, 0.1) is 5.82 Å². The molecule has 0 saturated carbocycles. The van der Waals surface area contributed by atoms with E-state index < -0.39 is 11.8 Å². The lowest BCUT2D eigenvalue weighted by atomic mass is 10.3. The molecule has 2 aromatic heterocycles. The third-order valence-electron chi connectivity index (χ3n) is 1.77. The van der Waals surface area contributed by atoms with Gasteiger partial charge in [0.2, 0.25) is 0 Å². The van der Waals surface area contributed by atoms with E-state index in [0.717, 1.165) is 6.20 Å². The summed E-state index contributed by atoms with van der Waals surface area (Å²) in [5, 5.41) is 9.17. The predicted octanol–water partition coefficient (Wildman–Crippen LogP) is 2.16. The molecule has 0 aliphatic heterocycles. The fraction of sp³-hybridized carbons (Fsp3) is 0. The summed E-state index contributed by atoms with van der Waals surface area (Å²) in [6.45, 7) is 0. The van der Waals surface area contributed by atoms with Crippen molar-refractivity contribution in [1.82, 2.24) is 9.97 Å². The van der Waals surface area contributed by atoms with Crippen LogP contribution in [0.4, 0.5) is 4.39 Å². The largest absolute Gasteiger partial charge is 0.477 e. The van der Waals surface area contributed by atoms with Gasteiger partial charge in [0.25, 0.3) is 0 Å². The molecule has 2 rings (SSSR count). The Bertz CT molecular complexity index is 523. The van der Waals surface area contributed by atoms with Crippen LogP contribution in [0.25, 0.3) is 11.0 Å². The summed E-state index contributed by atoms with van der Waals surface area (Å²) in [5.41, 5.74) is 0.314. The molecule has 4 nitrogen and oxygen atoms in total. The highest BCUT2D eigenvalue weighted by Gasteiger charge is 2.15. The summed E-state index contributed by atoms with van der Waals surface area (Å²) in [6.07, 6.45) is 1.02. The molecule has 0 amide bonds. The number of nitrogens with one attached hydrogen (secondary N) is 1. The number of pyridine rings is 1.